The minimum Gasteiger partial charge on any atom is -0.369 e. The average Bonchev–Trinajstić information content (AvgIpc) is 3.08. The number of primary amides is 1. The molecule has 7 nitrogen and oxygen atoms in total. The molecule has 0 radical (unpaired) electrons. The molecule has 2 rings (SSSR count). The quantitative estimate of drug-likeness (QED) is 0.190. The van der Waals surface area contributed by atoms with E-state index in [1.807, 2.05) is 11.8 Å². The minimum absolute atomic E-state index is 0. The highest BCUT2D eigenvalue weighted by molar-refractivity contribution is 14.0. The van der Waals surface area contributed by atoms with Gasteiger partial charge in [0, 0.05) is 32.6 Å². The Kier molecular flexibility index (Phi) is 11.6. The number of carbonyl (C=O) groups is 2. The van der Waals surface area contributed by atoms with Crippen molar-refractivity contribution < 1.29 is 14.0 Å². The van der Waals surface area contributed by atoms with Gasteiger partial charge in [0.25, 0.3) is 0 Å². The summed E-state index contributed by atoms with van der Waals surface area (Å²) in [6.07, 6.45) is 2.83. The highest BCUT2D eigenvalue weighted by Gasteiger charge is 2.19. The van der Waals surface area contributed by atoms with Crippen molar-refractivity contribution in [2.45, 2.75) is 32.6 Å². The summed E-state index contributed by atoms with van der Waals surface area (Å²) in [5, 5.41) is 6.37. The van der Waals surface area contributed by atoms with Crippen LogP contribution < -0.4 is 16.4 Å². The first-order valence-electron chi connectivity index (χ1n) is 9.83. The van der Waals surface area contributed by atoms with E-state index in [0.29, 0.717) is 31.9 Å². The molecule has 162 valence electrons. The van der Waals surface area contributed by atoms with Gasteiger partial charge in [0.05, 0.1) is 12.5 Å². The van der Waals surface area contributed by atoms with Gasteiger partial charge in [0.15, 0.2) is 5.96 Å². The highest BCUT2D eigenvalue weighted by Crippen LogP contribution is 2.11. The van der Waals surface area contributed by atoms with Crippen molar-refractivity contribution in [3.05, 3.63) is 35.6 Å². The van der Waals surface area contributed by atoms with Gasteiger partial charge in [-0.25, -0.2) is 4.39 Å². The second kappa shape index (κ2) is 13.3. The fraction of sp³-hybridized carbons (Fsp3) is 0.550. The number of aliphatic imine (C=N–C) groups is 1. The van der Waals surface area contributed by atoms with Crippen LogP contribution in [-0.2, 0) is 16.0 Å². The predicted octanol–water partition coefficient (Wildman–Crippen LogP) is 1.66. The molecule has 2 amide bonds. The first kappa shape index (κ1) is 25.1. The summed E-state index contributed by atoms with van der Waals surface area (Å²) in [6.45, 7) is 5.15. The number of amides is 2. The van der Waals surface area contributed by atoms with Gasteiger partial charge in [0.1, 0.15) is 5.82 Å². The number of guanidine groups is 1. The molecular weight excluding hydrogens is 488 g/mol. The average molecular weight is 519 g/mol. The van der Waals surface area contributed by atoms with Crippen LogP contribution in [0, 0.1) is 11.7 Å². The Labute approximate surface area is 188 Å². The molecular formula is C20H31FIN5O2. The number of nitrogens with two attached hydrogens (primary N) is 1. The summed E-state index contributed by atoms with van der Waals surface area (Å²) < 4.78 is 13.0. The largest absolute Gasteiger partial charge is 0.369 e. The van der Waals surface area contributed by atoms with Crippen LogP contribution in [0.1, 0.15) is 31.7 Å². The Hall–Kier alpha value is -1.91. The van der Waals surface area contributed by atoms with Crippen LogP contribution in [0.5, 0.6) is 0 Å². The Morgan fingerprint density at radius 2 is 2.03 bits per heavy atom. The molecule has 9 heteroatoms. The van der Waals surface area contributed by atoms with Crippen LogP contribution in [0.4, 0.5) is 4.39 Å². The number of hydrogen-bond donors (Lipinski definition) is 3. The molecule has 0 saturated carbocycles. The summed E-state index contributed by atoms with van der Waals surface area (Å²) >= 11 is 0. The van der Waals surface area contributed by atoms with Gasteiger partial charge in [-0.05, 0) is 43.9 Å². The summed E-state index contributed by atoms with van der Waals surface area (Å²) in [6, 6.07) is 6.04. The molecule has 1 aromatic rings. The Morgan fingerprint density at radius 1 is 1.31 bits per heavy atom. The molecule has 1 fully saturated rings. The number of hydrogen-bond acceptors (Lipinski definition) is 3. The molecule has 0 aliphatic carbocycles. The van der Waals surface area contributed by atoms with E-state index in [2.05, 4.69) is 15.6 Å². The standard InChI is InChI=1S/C20H30FN5O2.HI/c1-2-23-20(24-10-4-12-26-11-3-5-18(26)27)25-14-16(19(22)28)13-15-6-8-17(21)9-7-15;/h6-9,16H,2-5,10-14H2,1H3,(H2,22,28)(H2,23,24,25);1H. The maximum atomic E-state index is 13.0. The molecule has 0 spiro atoms. The van der Waals surface area contributed by atoms with E-state index < -0.39 is 11.8 Å². The Balaban J connectivity index is 0.00000420. The molecule has 4 N–H and O–H groups in total. The van der Waals surface area contributed by atoms with Crippen molar-refractivity contribution in [1.29, 1.82) is 0 Å². The van der Waals surface area contributed by atoms with Gasteiger partial charge in [-0.1, -0.05) is 12.1 Å². The van der Waals surface area contributed by atoms with Crippen LogP contribution >= 0.6 is 24.0 Å². The SMILES string of the molecule is CCNC(=NCC(Cc1ccc(F)cc1)C(N)=O)NCCCN1CCCC1=O.I. The normalized spacial score (nSPS) is 15.0. The lowest BCUT2D eigenvalue weighted by Crippen LogP contribution is -2.40. The summed E-state index contributed by atoms with van der Waals surface area (Å²) in [5.41, 5.74) is 6.36. The second-order valence-electron chi connectivity index (χ2n) is 6.91. The number of carbonyl (C=O) groups excluding carboxylic acids is 2. The van der Waals surface area contributed by atoms with Crippen molar-refractivity contribution in [3.8, 4) is 0 Å². The Bertz CT molecular complexity index is 684. The lowest BCUT2D eigenvalue weighted by atomic mass is 9.99. The lowest BCUT2D eigenvalue weighted by molar-refractivity contribution is -0.127. The van der Waals surface area contributed by atoms with Crippen LogP contribution in [0.15, 0.2) is 29.3 Å². The number of likely N-dealkylation sites (tertiary alicyclic amines) is 1. The van der Waals surface area contributed by atoms with Crippen molar-refractivity contribution in [3.63, 3.8) is 0 Å². The third-order valence-corrected chi connectivity index (χ3v) is 4.68. The minimum atomic E-state index is -0.469. The maximum absolute atomic E-state index is 13.0. The van der Waals surface area contributed by atoms with Crippen molar-refractivity contribution in [2.75, 3.05) is 32.7 Å². The van der Waals surface area contributed by atoms with E-state index in [0.717, 1.165) is 31.5 Å². The number of nitrogens with zero attached hydrogens (tertiary/aromatic N) is 2. The van der Waals surface area contributed by atoms with Crippen molar-refractivity contribution in [2.24, 2.45) is 16.6 Å². The molecule has 0 aromatic heterocycles. The van der Waals surface area contributed by atoms with E-state index in [4.69, 9.17) is 5.73 Å². The summed E-state index contributed by atoms with van der Waals surface area (Å²) in [7, 11) is 0. The first-order valence-corrected chi connectivity index (χ1v) is 9.83. The molecule has 0 bridgehead atoms. The maximum Gasteiger partial charge on any atom is 0.222 e. The van der Waals surface area contributed by atoms with Gasteiger partial charge in [-0.15, -0.1) is 24.0 Å². The topological polar surface area (TPSA) is 99.8 Å². The zero-order chi connectivity index (χ0) is 20.4. The van der Waals surface area contributed by atoms with E-state index in [-0.39, 0.29) is 42.2 Å². The molecule has 1 heterocycles. The number of rotatable bonds is 10. The first-order chi connectivity index (χ1) is 13.5. The van der Waals surface area contributed by atoms with Gasteiger partial charge in [-0.2, -0.15) is 0 Å². The van der Waals surface area contributed by atoms with E-state index in [9.17, 15) is 14.0 Å². The smallest absolute Gasteiger partial charge is 0.222 e. The van der Waals surface area contributed by atoms with Crippen LogP contribution in [0.25, 0.3) is 0 Å². The van der Waals surface area contributed by atoms with Crippen molar-refractivity contribution >= 4 is 41.8 Å². The molecule has 1 saturated heterocycles. The summed E-state index contributed by atoms with van der Waals surface area (Å²) in [5.74, 6) is -0.377. The highest BCUT2D eigenvalue weighted by atomic mass is 127. The number of nitrogens with one attached hydrogen (secondary N) is 2. The third kappa shape index (κ3) is 8.97. The van der Waals surface area contributed by atoms with Gasteiger partial charge in [0.2, 0.25) is 11.8 Å². The van der Waals surface area contributed by atoms with Gasteiger partial charge >= 0.3 is 0 Å². The van der Waals surface area contributed by atoms with Gasteiger partial charge in [-0.3, -0.25) is 14.6 Å². The van der Waals surface area contributed by atoms with Crippen molar-refractivity contribution in [1.82, 2.24) is 15.5 Å². The fourth-order valence-electron chi connectivity index (χ4n) is 3.12. The molecule has 1 aliphatic heterocycles. The molecule has 1 aliphatic rings. The number of halogens is 2. The summed E-state index contributed by atoms with van der Waals surface area (Å²) in [4.78, 5) is 29.8. The van der Waals surface area contributed by atoms with E-state index in [1.165, 1.54) is 12.1 Å². The molecule has 1 unspecified atom stereocenters. The van der Waals surface area contributed by atoms with E-state index >= 15 is 0 Å². The Morgan fingerprint density at radius 3 is 2.62 bits per heavy atom. The van der Waals surface area contributed by atoms with Crippen LogP contribution in [0.3, 0.4) is 0 Å². The predicted molar refractivity (Wildman–Crippen MR) is 123 cm³/mol. The third-order valence-electron chi connectivity index (χ3n) is 4.68. The monoisotopic (exact) mass is 519 g/mol. The fourth-order valence-corrected chi connectivity index (χ4v) is 3.12. The molecule has 29 heavy (non-hydrogen) atoms. The zero-order valence-electron chi connectivity index (χ0n) is 16.8. The molecule has 1 atom stereocenters. The molecule has 1 aromatic carbocycles. The zero-order valence-corrected chi connectivity index (χ0v) is 19.2. The number of benzene rings is 1. The van der Waals surface area contributed by atoms with Crippen LogP contribution in [0.2, 0.25) is 0 Å². The second-order valence-corrected chi connectivity index (χ2v) is 6.91. The van der Waals surface area contributed by atoms with Gasteiger partial charge < -0.3 is 21.3 Å². The lowest BCUT2D eigenvalue weighted by Gasteiger charge is -2.17. The van der Waals surface area contributed by atoms with Crippen LogP contribution in [-0.4, -0.2) is 55.4 Å². The van der Waals surface area contributed by atoms with E-state index in [1.54, 1.807) is 12.1 Å².